The van der Waals surface area contributed by atoms with Crippen LogP contribution in [0.2, 0.25) is 0 Å². The number of anilines is 1. The molecule has 0 radical (unpaired) electrons. The molecular formula is C25H25FN2O2. The summed E-state index contributed by atoms with van der Waals surface area (Å²) < 4.78 is 16.0. The third-order valence-corrected chi connectivity index (χ3v) is 5.10. The molecule has 5 heteroatoms. The van der Waals surface area contributed by atoms with Crippen LogP contribution in [0.5, 0.6) is 0 Å². The van der Waals surface area contributed by atoms with Crippen molar-refractivity contribution in [2.75, 3.05) is 5.32 Å². The average Bonchev–Trinajstić information content (AvgIpc) is 2.72. The van der Waals surface area contributed by atoms with Gasteiger partial charge < -0.3 is 9.88 Å². The fourth-order valence-electron chi connectivity index (χ4n) is 3.45. The Balaban J connectivity index is 2.15. The Kier molecular flexibility index (Phi) is 6.31. The maximum atomic E-state index is 14.5. The number of hydrogen-bond donors (Lipinski definition) is 1. The van der Waals surface area contributed by atoms with Gasteiger partial charge in [-0.25, -0.2) is 4.39 Å². The normalized spacial score (nSPS) is 10.7. The topological polar surface area (TPSA) is 51.1 Å². The van der Waals surface area contributed by atoms with Gasteiger partial charge in [-0.1, -0.05) is 31.7 Å². The molecule has 0 spiro atoms. The van der Waals surface area contributed by atoms with Crippen LogP contribution in [-0.2, 0) is 24.7 Å². The van der Waals surface area contributed by atoms with Crippen molar-refractivity contribution in [3.63, 3.8) is 0 Å². The number of pyridine rings is 1. The van der Waals surface area contributed by atoms with E-state index in [0.29, 0.717) is 29.7 Å². The van der Waals surface area contributed by atoms with E-state index < -0.39 is 0 Å². The standard InChI is InChI=1S/C25H25FN2O2/c1-5-17-12-20(15-28(4)25(17)30)22-14-21(27-24(29)6-2)10-9-18(22)13-19-8-7-16(3)11-23(19)26/h6-12,14-15H,2,5,13H2,1,3-4H3,(H,27,29). The molecule has 3 rings (SSSR count). The molecule has 30 heavy (non-hydrogen) atoms. The molecule has 1 heterocycles. The van der Waals surface area contributed by atoms with Crippen molar-refractivity contribution in [3.05, 3.63) is 99.7 Å². The second-order valence-corrected chi connectivity index (χ2v) is 7.36. The molecule has 0 saturated carbocycles. The molecule has 0 bridgehead atoms. The lowest BCUT2D eigenvalue weighted by atomic mass is 9.93. The van der Waals surface area contributed by atoms with Crippen molar-refractivity contribution in [3.8, 4) is 11.1 Å². The van der Waals surface area contributed by atoms with Gasteiger partial charge in [0.05, 0.1) is 0 Å². The van der Waals surface area contributed by atoms with Crippen molar-refractivity contribution in [1.82, 2.24) is 4.57 Å². The lowest BCUT2D eigenvalue weighted by Gasteiger charge is -2.15. The second-order valence-electron chi connectivity index (χ2n) is 7.36. The van der Waals surface area contributed by atoms with Crippen LogP contribution in [0.1, 0.15) is 29.2 Å². The zero-order chi connectivity index (χ0) is 21.8. The highest BCUT2D eigenvalue weighted by molar-refractivity contribution is 5.99. The monoisotopic (exact) mass is 404 g/mol. The SMILES string of the molecule is C=CC(=O)Nc1ccc(Cc2ccc(C)cc2F)c(-c2cc(CC)c(=O)n(C)c2)c1. The number of carbonyl (C=O) groups excluding carboxylic acids is 1. The molecule has 0 saturated heterocycles. The van der Waals surface area contributed by atoms with Gasteiger partial charge >= 0.3 is 0 Å². The van der Waals surface area contributed by atoms with Crippen molar-refractivity contribution >= 4 is 11.6 Å². The van der Waals surface area contributed by atoms with Crippen LogP contribution >= 0.6 is 0 Å². The average molecular weight is 404 g/mol. The fourth-order valence-corrected chi connectivity index (χ4v) is 3.45. The molecule has 1 aromatic heterocycles. The number of amides is 1. The van der Waals surface area contributed by atoms with E-state index in [4.69, 9.17) is 0 Å². The van der Waals surface area contributed by atoms with Gasteiger partial charge in [-0.2, -0.15) is 0 Å². The molecule has 1 N–H and O–H groups in total. The number of carbonyl (C=O) groups is 1. The number of halogens is 1. The second kappa shape index (κ2) is 8.91. The van der Waals surface area contributed by atoms with Crippen LogP contribution in [0.15, 0.2) is 66.1 Å². The largest absolute Gasteiger partial charge is 0.323 e. The van der Waals surface area contributed by atoms with Gasteiger partial charge in [-0.05, 0) is 71.5 Å². The Bertz CT molecular complexity index is 1180. The predicted octanol–water partition coefficient (Wildman–Crippen LogP) is 4.78. The molecule has 0 aliphatic rings. The third-order valence-electron chi connectivity index (χ3n) is 5.10. The Labute approximate surface area is 175 Å². The first-order valence-electron chi connectivity index (χ1n) is 9.83. The highest BCUT2D eigenvalue weighted by atomic mass is 19.1. The van der Waals surface area contributed by atoms with Crippen LogP contribution in [0.25, 0.3) is 11.1 Å². The van der Waals surface area contributed by atoms with Crippen molar-refractivity contribution in [2.45, 2.75) is 26.7 Å². The minimum Gasteiger partial charge on any atom is -0.323 e. The molecule has 0 atom stereocenters. The highest BCUT2D eigenvalue weighted by Gasteiger charge is 2.13. The summed E-state index contributed by atoms with van der Waals surface area (Å²) in [5.41, 5.74) is 5.29. The number of nitrogens with zero attached hydrogens (tertiary/aromatic N) is 1. The van der Waals surface area contributed by atoms with Gasteiger partial charge in [0.2, 0.25) is 5.91 Å². The van der Waals surface area contributed by atoms with Gasteiger partial charge in [0.1, 0.15) is 5.82 Å². The van der Waals surface area contributed by atoms with E-state index in [1.54, 1.807) is 29.9 Å². The molecule has 1 amide bonds. The zero-order valence-electron chi connectivity index (χ0n) is 17.5. The zero-order valence-corrected chi connectivity index (χ0v) is 17.5. The molecule has 4 nitrogen and oxygen atoms in total. The summed E-state index contributed by atoms with van der Waals surface area (Å²) in [5, 5.41) is 2.77. The number of rotatable bonds is 6. The van der Waals surface area contributed by atoms with E-state index in [1.165, 1.54) is 12.1 Å². The van der Waals surface area contributed by atoms with Gasteiger partial charge in [-0.3, -0.25) is 9.59 Å². The maximum Gasteiger partial charge on any atom is 0.253 e. The van der Waals surface area contributed by atoms with Gasteiger partial charge in [0.15, 0.2) is 0 Å². The number of hydrogen-bond acceptors (Lipinski definition) is 2. The molecule has 3 aromatic rings. The van der Waals surface area contributed by atoms with Crippen LogP contribution < -0.4 is 10.9 Å². The summed E-state index contributed by atoms with van der Waals surface area (Å²) in [7, 11) is 1.72. The smallest absolute Gasteiger partial charge is 0.253 e. The van der Waals surface area contributed by atoms with Crippen molar-refractivity contribution < 1.29 is 9.18 Å². The van der Waals surface area contributed by atoms with Crippen molar-refractivity contribution in [1.29, 1.82) is 0 Å². The Morgan fingerprint density at radius 2 is 1.87 bits per heavy atom. The quantitative estimate of drug-likeness (QED) is 0.601. The Morgan fingerprint density at radius 3 is 2.53 bits per heavy atom. The minimum absolute atomic E-state index is 0.0384. The van der Waals surface area contributed by atoms with Crippen LogP contribution in [0.4, 0.5) is 10.1 Å². The lowest BCUT2D eigenvalue weighted by molar-refractivity contribution is -0.111. The van der Waals surface area contributed by atoms with Gasteiger partial charge in [0.25, 0.3) is 5.56 Å². The molecule has 0 aliphatic heterocycles. The van der Waals surface area contributed by atoms with Crippen LogP contribution in [0, 0.1) is 12.7 Å². The van der Waals surface area contributed by atoms with E-state index in [2.05, 4.69) is 11.9 Å². The van der Waals surface area contributed by atoms with E-state index in [-0.39, 0.29) is 17.3 Å². The van der Waals surface area contributed by atoms with Crippen LogP contribution in [-0.4, -0.2) is 10.5 Å². The summed E-state index contributed by atoms with van der Waals surface area (Å²) in [6, 6.07) is 12.6. The summed E-state index contributed by atoms with van der Waals surface area (Å²) in [4.78, 5) is 24.1. The first-order chi connectivity index (χ1) is 14.3. The Morgan fingerprint density at radius 1 is 1.13 bits per heavy atom. The third kappa shape index (κ3) is 4.57. The number of aryl methyl sites for hydroxylation is 3. The van der Waals surface area contributed by atoms with E-state index in [1.807, 2.05) is 38.1 Å². The summed E-state index contributed by atoms with van der Waals surface area (Å²) in [6.07, 6.45) is 3.97. The number of nitrogens with one attached hydrogen (secondary N) is 1. The van der Waals surface area contributed by atoms with Gasteiger partial charge in [-0.15, -0.1) is 0 Å². The lowest BCUT2D eigenvalue weighted by Crippen LogP contribution is -2.20. The molecule has 0 fully saturated rings. The molecule has 0 aliphatic carbocycles. The first-order valence-corrected chi connectivity index (χ1v) is 9.83. The Hall–Kier alpha value is -3.47. The van der Waals surface area contributed by atoms with E-state index in [0.717, 1.165) is 22.3 Å². The molecule has 154 valence electrons. The number of benzene rings is 2. The number of aromatic nitrogens is 1. The summed E-state index contributed by atoms with van der Waals surface area (Å²) in [5.74, 6) is -0.562. The molecular weight excluding hydrogens is 379 g/mol. The maximum absolute atomic E-state index is 14.5. The fraction of sp³-hybridized carbons (Fsp3) is 0.200. The van der Waals surface area contributed by atoms with E-state index in [9.17, 15) is 14.0 Å². The minimum atomic E-state index is -0.312. The highest BCUT2D eigenvalue weighted by Crippen LogP contribution is 2.30. The first kappa shape index (κ1) is 21.2. The molecule has 2 aromatic carbocycles. The van der Waals surface area contributed by atoms with Crippen molar-refractivity contribution in [2.24, 2.45) is 7.05 Å². The summed E-state index contributed by atoms with van der Waals surface area (Å²) in [6.45, 7) is 7.27. The summed E-state index contributed by atoms with van der Waals surface area (Å²) >= 11 is 0. The predicted molar refractivity (Wildman–Crippen MR) is 119 cm³/mol. The van der Waals surface area contributed by atoms with Crippen LogP contribution in [0.3, 0.4) is 0 Å². The van der Waals surface area contributed by atoms with E-state index >= 15 is 0 Å². The molecule has 0 unspecified atom stereocenters. The van der Waals surface area contributed by atoms with Gasteiger partial charge in [0, 0.05) is 30.9 Å².